The standard InChI is InChI=1S/C14H15N3O/c15-14-7-12(16-9-17-14)11-3-1-2-4-13(11)18-8-10-5-6-10/h1-4,7,9-10H,5-6,8H2,(H2,15,16,17). The van der Waals surface area contributed by atoms with Crippen LogP contribution in [-0.2, 0) is 0 Å². The van der Waals surface area contributed by atoms with Crippen LogP contribution in [-0.4, -0.2) is 16.6 Å². The molecule has 1 aromatic carbocycles. The Morgan fingerprint density at radius 3 is 2.83 bits per heavy atom. The van der Waals surface area contributed by atoms with Gasteiger partial charge in [0.25, 0.3) is 0 Å². The summed E-state index contributed by atoms with van der Waals surface area (Å²) in [6.45, 7) is 0.789. The lowest BCUT2D eigenvalue weighted by molar-refractivity contribution is 0.301. The molecule has 4 heteroatoms. The molecule has 2 aromatic rings. The number of aromatic nitrogens is 2. The van der Waals surface area contributed by atoms with Crippen LogP contribution in [0.25, 0.3) is 11.3 Å². The molecule has 1 aliphatic carbocycles. The van der Waals surface area contributed by atoms with E-state index in [1.54, 1.807) is 6.07 Å². The van der Waals surface area contributed by atoms with Crippen LogP contribution in [0.5, 0.6) is 5.75 Å². The number of nitrogen functional groups attached to an aromatic ring is 1. The average molecular weight is 241 g/mol. The molecule has 1 aromatic heterocycles. The maximum absolute atomic E-state index is 5.85. The van der Waals surface area contributed by atoms with Gasteiger partial charge in [0, 0.05) is 11.6 Å². The van der Waals surface area contributed by atoms with Crippen LogP contribution >= 0.6 is 0 Å². The molecule has 92 valence electrons. The summed E-state index contributed by atoms with van der Waals surface area (Å²) >= 11 is 0. The van der Waals surface area contributed by atoms with E-state index < -0.39 is 0 Å². The fourth-order valence-electron chi connectivity index (χ4n) is 1.82. The molecule has 0 atom stereocenters. The molecular formula is C14H15N3O. The van der Waals surface area contributed by atoms with Gasteiger partial charge in [0.1, 0.15) is 17.9 Å². The molecular weight excluding hydrogens is 226 g/mol. The molecule has 3 rings (SSSR count). The molecule has 0 radical (unpaired) electrons. The van der Waals surface area contributed by atoms with Gasteiger partial charge in [0.15, 0.2) is 0 Å². The summed E-state index contributed by atoms with van der Waals surface area (Å²) in [4.78, 5) is 8.15. The maximum Gasteiger partial charge on any atom is 0.128 e. The molecule has 0 saturated heterocycles. The van der Waals surface area contributed by atoms with Crippen LogP contribution in [0.3, 0.4) is 0 Å². The monoisotopic (exact) mass is 241 g/mol. The zero-order chi connectivity index (χ0) is 12.4. The third kappa shape index (κ3) is 2.42. The van der Waals surface area contributed by atoms with E-state index >= 15 is 0 Å². The molecule has 1 saturated carbocycles. The van der Waals surface area contributed by atoms with Crippen molar-refractivity contribution >= 4 is 5.82 Å². The fourth-order valence-corrected chi connectivity index (χ4v) is 1.82. The Kier molecular flexibility index (Phi) is 2.84. The van der Waals surface area contributed by atoms with Gasteiger partial charge in [-0.1, -0.05) is 12.1 Å². The number of ether oxygens (including phenoxy) is 1. The number of hydrogen-bond donors (Lipinski definition) is 1. The largest absolute Gasteiger partial charge is 0.493 e. The summed E-state index contributed by atoms with van der Waals surface area (Å²) in [7, 11) is 0. The Balaban J connectivity index is 1.89. The van der Waals surface area contributed by atoms with Crippen molar-refractivity contribution in [3.8, 4) is 17.0 Å². The molecule has 4 nitrogen and oxygen atoms in total. The number of para-hydroxylation sites is 1. The molecule has 1 heterocycles. The molecule has 0 spiro atoms. The van der Waals surface area contributed by atoms with Crippen LogP contribution in [0.15, 0.2) is 36.7 Å². The highest BCUT2D eigenvalue weighted by molar-refractivity contribution is 5.68. The van der Waals surface area contributed by atoms with Crippen LogP contribution in [0.4, 0.5) is 5.82 Å². The first-order chi connectivity index (χ1) is 8.83. The Bertz CT molecular complexity index is 552. The molecule has 0 aliphatic heterocycles. The third-order valence-corrected chi connectivity index (χ3v) is 3.02. The molecule has 1 fully saturated rings. The zero-order valence-electron chi connectivity index (χ0n) is 10.0. The predicted molar refractivity (Wildman–Crippen MR) is 70.1 cm³/mol. The van der Waals surface area contributed by atoms with Crippen molar-refractivity contribution in [3.63, 3.8) is 0 Å². The SMILES string of the molecule is Nc1cc(-c2ccccc2OCC2CC2)ncn1. The van der Waals surface area contributed by atoms with E-state index in [0.717, 1.165) is 29.5 Å². The lowest BCUT2D eigenvalue weighted by Gasteiger charge is -2.10. The fraction of sp³-hybridized carbons (Fsp3) is 0.286. The number of benzene rings is 1. The van der Waals surface area contributed by atoms with Crippen molar-refractivity contribution in [1.29, 1.82) is 0 Å². The lowest BCUT2D eigenvalue weighted by atomic mass is 10.1. The van der Waals surface area contributed by atoms with E-state index in [9.17, 15) is 0 Å². The lowest BCUT2D eigenvalue weighted by Crippen LogP contribution is -2.01. The highest BCUT2D eigenvalue weighted by atomic mass is 16.5. The maximum atomic E-state index is 5.85. The summed E-state index contributed by atoms with van der Waals surface area (Å²) in [5, 5.41) is 0. The van der Waals surface area contributed by atoms with Gasteiger partial charge >= 0.3 is 0 Å². The zero-order valence-corrected chi connectivity index (χ0v) is 10.0. The summed E-state index contributed by atoms with van der Waals surface area (Å²) < 4.78 is 5.85. The highest BCUT2D eigenvalue weighted by Crippen LogP contribution is 2.33. The van der Waals surface area contributed by atoms with Crippen molar-refractivity contribution < 1.29 is 4.74 Å². The van der Waals surface area contributed by atoms with Gasteiger partial charge in [-0.05, 0) is 30.9 Å². The van der Waals surface area contributed by atoms with E-state index in [4.69, 9.17) is 10.5 Å². The van der Waals surface area contributed by atoms with Crippen molar-refractivity contribution in [2.24, 2.45) is 5.92 Å². The smallest absolute Gasteiger partial charge is 0.128 e. The van der Waals surface area contributed by atoms with Crippen molar-refractivity contribution in [2.45, 2.75) is 12.8 Å². The second-order valence-corrected chi connectivity index (χ2v) is 4.58. The van der Waals surface area contributed by atoms with E-state index in [2.05, 4.69) is 9.97 Å². The highest BCUT2D eigenvalue weighted by Gasteiger charge is 2.22. The summed E-state index contributed by atoms with van der Waals surface area (Å²) in [6.07, 6.45) is 4.04. The number of nitrogens with zero attached hydrogens (tertiary/aromatic N) is 2. The first-order valence-electron chi connectivity index (χ1n) is 6.12. The summed E-state index contributed by atoms with van der Waals surface area (Å²) in [5.41, 5.74) is 7.45. The van der Waals surface area contributed by atoms with E-state index in [-0.39, 0.29) is 0 Å². The number of nitrogens with two attached hydrogens (primary N) is 1. The first-order valence-corrected chi connectivity index (χ1v) is 6.12. The number of hydrogen-bond acceptors (Lipinski definition) is 4. The van der Waals surface area contributed by atoms with Crippen molar-refractivity contribution in [1.82, 2.24) is 9.97 Å². The van der Waals surface area contributed by atoms with Gasteiger partial charge in [-0.2, -0.15) is 0 Å². The van der Waals surface area contributed by atoms with E-state index in [1.807, 2.05) is 24.3 Å². The molecule has 0 unspecified atom stereocenters. The van der Waals surface area contributed by atoms with Crippen molar-refractivity contribution in [2.75, 3.05) is 12.3 Å². The van der Waals surface area contributed by atoms with Gasteiger partial charge in [0.05, 0.1) is 12.3 Å². The number of anilines is 1. The Hall–Kier alpha value is -2.10. The van der Waals surface area contributed by atoms with Gasteiger partial charge in [-0.15, -0.1) is 0 Å². The predicted octanol–water partition coefficient (Wildman–Crippen LogP) is 2.51. The van der Waals surface area contributed by atoms with Crippen LogP contribution in [0.2, 0.25) is 0 Å². The Morgan fingerprint density at radius 1 is 1.22 bits per heavy atom. The Morgan fingerprint density at radius 2 is 2.06 bits per heavy atom. The first kappa shape index (κ1) is 11.0. The summed E-state index contributed by atoms with van der Waals surface area (Å²) in [5.74, 6) is 2.06. The molecule has 18 heavy (non-hydrogen) atoms. The van der Waals surface area contributed by atoms with E-state index in [1.165, 1.54) is 19.2 Å². The minimum absolute atomic E-state index is 0.469. The number of rotatable bonds is 4. The van der Waals surface area contributed by atoms with Crippen LogP contribution in [0.1, 0.15) is 12.8 Å². The normalized spacial score (nSPS) is 14.4. The third-order valence-electron chi connectivity index (χ3n) is 3.02. The van der Waals surface area contributed by atoms with Gasteiger partial charge in [-0.25, -0.2) is 9.97 Å². The molecule has 0 bridgehead atoms. The molecule has 0 amide bonds. The topological polar surface area (TPSA) is 61.0 Å². The van der Waals surface area contributed by atoms with Gasteiger partial charge in [-0.3, -0.25) is 0 Å². The summed E-state index contributed by atoms with van der Waals surface area (Å²) in [6, 6.07) is 9.66. The molecule has 1 aliphatic rings. The van der Waals surface area contributed by atoms with Crippen LogP contribution in [0, 0.1) is 5.92 Å². The second-order valence-electron chi connectivity index (χ2n) is 4.58. The van der Waals surface area contributed by atoms with Gasteiger partial charge < -0.3 is 10.5 Å². The minimum Gasteiger partial charge on any atom is -0.493 e. The average Bonchev–Trinajstić information content (AvgIpc) is 3.21. The quantitative estimate of drug-likeness (QED) is 0.893. The van der Waals surface area contributed by atoms with Gasteiger partial charge in [0.2, 0.25) is 0 Å². The van der Waals surface area contributed by atoms with Crippen LogP contribution < -0.4 is 10.5 Å². The van der Waals surface area contributed by atoms with Crippen molar-refractivity contribution in [3.05, 3.63) is 36.7 Å². The van der Waals surface area contributed by atoms with E-state index in [0.29, 0.717) is 5.82 Å². The molecule has 2 N–H and O–H groups in total. The second kappa shape index (κ2) is 4.64. The Labute approximate surface area is 106 Å². The minimum atomic E-state index is 0.469.